The molecule has 106 valence electrons. The number of alkyl halides is 3. The molecular weight excluding hydrogens is 255 g/mol. The lowest BCUT2D eigenvalue weighted by atomic mass is 9.87. The molecular formula is C14H18F3NO. The van der Waals surface area contributed by atoms with Crippen molar-refractivity contribution >= 4 is 0 Å². The fourth-order valence-corrected chi connectivity index (χ4v) is 2.58. The van der Waals surface area contributed by atoms with Gasteiger partial charge in [-0.25, -0.2) is 0 Å². The second-order valence-electron chi connectivity index (χ2n) is 5.00. The summed E-state index contributed by atoms with van der Waals surface area (Å²) in [5, 5.41) is 12.6. The van der Waals surface area contributed by atoms with Crippen molar-refractivity contribution in [2.45, 2.75) is 44.3 Å². The number of phenolic OH excluding ortho intramolecular Hbond substituents is 1. The van der Waals surface area contributed by atoms with Crippen LogP contribution >= 0.6 is 0 Å². The van der Waals surface area contributed by atoms with Crippen LogP contribution in [0.15, 0.2) is 18.2 Å². The molecule has 0 saturated heterocycles. The van der Waals surface area contributed by atoms with Gasteiger partial charge in [-0.05, 0) is 55.5 Å². The molecule has 0 fully saturated rings. The van der Waals surface area contributed by atoms with Crippen molar-refractivity contribution in [1.82, 2.24) is 5.32 Å². The van der Waals surface area contributed by atoms with Crippen LogP contribution in [0, 0.1) is 0 Å². The highest BCUT2D eigenvalue weighted by molar-refractivity contribution is 5.38. The minimum Gasteiger partial charge on any atom is -0.508 e. The Morgan fingerprint density at radius 1 is 1.32 bits per heavy atom. The Labute approximate surface area is 110 Å². The van der Waals surface area contributed by atoms with Crippen LogP contribution in [0.3, 0.4) is 0 Å². The van der Waals surface area contributed by atoms with Crippen molar-refractivity contribution in [3.05, 3.63) is 29.3 Å². The quantitative estimate of drug-likeness (QED) is 0.820. The Hall–Kier alpha value is -1.23. The summed E-state index contributed by atoms with van der Waals surface area (Å²) < 4.78 is 36.1. The molecule has 1 aliphatic rings. The normalized spacial score (nSPS) is 19.2. The minimum atomic E-state index is -4.07. The molecule has 19 heavy (non-hydrogen) atoms. The van der Waals surface area contributed by atoms with Crippen molar-refractivity contribution in [3.8, 4) is 5.75 Å². The number of rotatable bonds is 4. The first-order valence-corrected chi connectivity index (χ1v) is 6.57. The van der Waals surface area contributed by atoms with Gasteiger partial charge in [0.2, 0.25) is 0 Å². The summed E-state index contributed by atoms with van der Waals surface area (Å²) in [4.78, 5) is 0. The van der Waals surface area contributed by atoms with Crippen LogP contribution in [0.2, 0.25) is 0 Å². The van der Waals surface area contributed by atoms with Crippen LogP contribution in [0.25, 0.3) is 0 Å². The second kappa shape index (κ2) is 5.82. The van der Waals surface area contributed by atoms with Crippen molar-refractivity contribution in [3.63, 3.8) is 0 Å². The average Bonchev–Trinajstić information content (AvgIpc) is 2.33. The predicted octanol–water partition coefficient (Wildman–Crippen LogP) is 3.70. The maximum atomic E-state index is 12.0. The number of phenols is 1. The number of fused-ring (bicyclic) bond motifs is 1. The van der Waals surface area contributed by atoms with E-state index >= 15 is 0 Å². The van der Waals surface area contributed by atoms with E-state index in [4.69, 9.17) is 0 Å². The monoisotopic (exact) mass is 273 g/mol. The first-order valence-electron chi connectivity index (χ1n) is 6.57. The van der Waals surface area contributed by atoms with Gasteiger partial charge >= 0.3 is 6.18 Å². The van der Waals surface area contributed by atoms with Gasteiger partial charge in [0.25, 0.3) is 0 Å². The zero-order chi connectivity index (χ0) is 13.9. The Morgan fingerprint density at radius 2 is 2.11 bits per heavy atom. The smallest absolute Gasteiger partial charge is 0.389 e. The number of benzene rings is 1. The van der Waals surface area contributed by atoms with Crippen LogP contribution in [0.4, 0.5) is 13.2 Å². The molecule has 1 unspecified atom stereocenters. The summed E-state index contributed by atoms with van der Waals surface area (Å²) in [7, 11) is 0. The van der Waals surface area contributed by atoms with Crippen LogP contribution in [0.5, 0.6) is 5.75 Å². The zero-order valence-corrected chi connectivity index (χ0v) is 10.6. The van der Waals surface area contributed by atoms with E-state index in [0.717, 1.165) is 30.4 Å². The largest absolute Gasteiger partial charge is 0.508 e. The Bertz CT molecular complexity index is 431. The summed E-state index contributed by atoms with van der Waals surface area (Å²) >= 11 is 0. The number of aryl methyl sites for hydroxylation is 1. The van der Waals surface area contributed by atoms with E-state index in [1.807, 2.05) is 6.07 Å². The zero-order valence-electron chi connectivity index (χ0n) is 10.6. The SMILES string of the molecule is Oc1ccc2c(c1)CCCC2NCCCC(F)(F)F. The lowest BCUT2D eigenvalue weighted by Gasteiger charge is -2.26. The first-order chi connectivity index (χ1) is 8.96. The molecule has 0 saturated carbocycles. The summed E-state index contributed by atoms with van der Waals surface area (Å²) in [6.07, 6.45) is -1.86. The molecule has 0 radical (unpaired) electrons. The Morgan fingerprint density at radius 3 is 2.84 bits per heavy atom. The van der Waals surface area contributed by atoms with Gasteiger partial charge < -0.3 is 10.4 Å². The third-order valence-corrected chi connectivity index (χ3v) is 3.47. The third kappa shape index (κ3) is 4.13. The molecule has 1 aromatic rings. The maximum Gasteiger partial charge on any atom is 0.389 e. The topological polar surface area (TPSA) is 32.3 Å². The molecule has 1 aliphatic carbocycles. The number of hydrogen-bond acceptors (Lipinski definition) is 2. The number of halogens is 3. The first kappa shape index (κ1) is 14.2. The van der Waals surface area contributed by atoms with Gasteiger partial charge in [0.05, 0.1) is 0 Å². The molecule has 5 heteroatoms. The highest BCUT2D eigenvalue weighted by Gasteiger charge is 2.26. The average molecular weight is 273 g/mol. The molecule has 1 aromatic carbocycles. The van der Waals surface area contributed by atoms with Crippen LogP contribution in [-0.4, -0.2) is 17.8 Å². The predicted molar refractivity (Wildman–Crippen MR) is 67.1 cm³/mol. The fraction of sp³-hybridized carbons (Fsp3) is 0.571. The lowest BCUT2D eigenvalue weighted by Crippen LogP contribution is -2.26. The fourth-order valence-electron chi connectivity index (χ4n) is 2.58. The molecule has 0 bridgehead atoms. The molecule has 0 amide bonds. The summed E-state index contributed by atoms with van der Waals surface area (Å²) in [5.41, 5.74) is 2.20. The van der Waals surface area contributed by atoms with Gasteiger partial charge in [-0.1, -0.05) is 6.07 Å². The Kier molecular flexibility index (Phi) is 4.34. The van der Waals surface area contributed by atoms with Crippen LogP contribution in [0.1, 0.15) is 42.9 Å². The third-order valence-electron chi connectivity index (χ3n) is 3.47. The molecule has 0 spiro atoms. The number of nitrogens with one attached hydrogen (secondary N) is 1. The minimum absolute atomic E-state index is 0.105. The second-order valence-corrected chi connectivity index (χ2v) is 5.00. The van der Waals surface area contributed by atoms with Crippen molar-refractivity contribution in [2.75, 3.05) is 6.54 Å². The van der Waals surface area contributed by atoms with Gasteiger partial charge in [-0.3, -0.25) is 0 Å². The highest BCUT2D eigenvalue weighted by atomic mass is 19.4. The van der Waals surface area contributed by atoms with E-state index in [1.54, 1.807) is 12.1 Å². The molecule has 1 atom stereocenters. The van der Waals surface area contributed by atoms with E-state index in [1.165, 1.54) is 0 Å². The van der Waals surface area contributed by atoms with Gasteiger partial charge in [0.1, 0.15) is 5.75 Å². The van der Waals surface area contributed by atoms with Gasteiger partial charge in [0.15, 0.2) is 0 Å². The maximum absolute atomic E-state index is 12.0. The molecule has 2 rings (SSSR count). The molecule has 0 aromatic heterocycles. The summed E-state index contributed by atoms with van der Waals surface area (Å²) in [6.45, 7) is 0.366. The Balaban J connectivity index is 1.89. The number of aromatic hydroxyl groups is 1. The van der Waals surface area contributed by atoms with Crippen molar-refractivity contribution in [1.29, 1.82) is 0 Å². The van der Waals surface area contributed by atoms with Gasteiger partial charge in [-0.2, -0.15) is 13.2 Å². The van der Waals surface area contributed by atoms with Gasteiger partial charge in [0, 0.05) is 12.5 Å². The van der Waals surface area contributed by atoms with E-state index in [-0.39, 0.29) is 18.2 Å². The summed E-state index contributed by atoms with van der Waals surface area (Å²) in [6, 6.07) is 5.36. The lowest BCUT2D eigenvalue weighted by molar-refractivity contribution is -0.135. The molecule has 0 heterocycles. The molecule has 2 nitrogen and oxygen atoms in total. The summed E-state index contributed by atoms with van der Waals surface area (Å²) in [5.74, 6) is 0.247. The van der Waals surface area contributed by atoms with E-state index in [0.29, 0.717) is 6.54 Å². The molecule has 2 N–H and O–H groups in total. The van der Waals surface area contributed by atoms with Crippen molar-refractivity contribution < 1.29 is 18.3 Å². The van der Waals surface area contributed by atoms with Crippen molar-refractivity contribution in [2.24, 2.45) is 0 Å². The number of hydrogen-bond donors (Lipinski definition) is 2. The van der Waals surface area contributed by atoms with Crippen LogP contribution in [-0.2, 0) is 6.42 Å². The standard InChI is InChI=1S/C14H18F3NO/c15-14(16,17)7-2-8-18-13-4-1-3-10-9-11(19)5-6-12(10)13/h5-6,9,13,18-19H,1-4,7-8H2. The van der Waals surface area contributed by atoms with Gasteiger partial charge in [-0.15, -0.1) is 0 Å². The molecule has 0 aliphatic heterocycles. The van der Waals surface area contributed by atoms with Crippen LogP contribution < -0.4 is 5.32 Å². The van der Waals surface area contributed by atoms with E-state index in [2.05, 4.69) is 5.32 Å². The van der Waals surface area contributed by atoms with E-state index in [9.17, 15) is 18.3 Å². The highest BCUT2D eigenvalue weighted by Crippen LogP contribution is 2.32. The van der Waals surface area contributed by atoms with E-state index < -0.39 is 12.6 Å².